The molecule has 0 spiro atoms. The Kier molecular flexibility index (Phi) is 12.9. The number of halogens is 2. The summed E-state index contributed by atoms with van der Waals surface area (Å²) in [7, 11) is -2.63. The second-order valence-corrected chi connectivity index (χ2v) is 17.8. The van der Waals surface area contributed by atoms with Gasteiger partial charge in [-0.05, 0) is 80.3 Å². The third kappa shape index (κ3) is 9.33. The Bertz CT molecular complexity index is 1960. The van der Waals surface area contributed by atoms with Crippen LogP contribution in [0, 0.1) is 17.8 Å². The second kappa shape index (κ2) is 17.5. The molecule has 0 radical (unpaired) electrons. The van der Waals surface area contributed by atoms with Crippen molar-refractivity contribution >= 4 is 39.7 Å². The highest BCUT2D eigenvalue weighted by molar-refractivity contribution is 7.91. The molecule has 5 amide bonds. The quantitative estimate of drug-likeness (QED) is 0.190. The molecule has 1 aromatic carbocycles. The molecule has 1 unspecified atom stereocenters. The lowest BCUT2D eigenvalue weighted by atomic mass is 9.83. The van der Waals surface area contributed by atoms with E-state index in [0.29, 0.717) is 37.0 Å². The van der Waals surface area contributed by atoms with Crippen LogP contribution in [0.15, 0.2) is 24.3 Å². The third-order valence-corrected chi connectivity index (χ3v) is 13.2. The number of benzene rings is 1. The van der Waals surface area contributed by atoms with Crippen molar-refractivity contribution in [3.05, 3.63) is 24.3 Å². The SMILES string of the molecule is CCOC(=O)N[C@H](C(=O)N[C@H](C(=O)N1C[C@H](n2nnc(-c3ccc(OC)cc3)n2)CC1C(=O)N[C@]1(C(=O)NS(=O)(=O)C2CC2)C[C@H]1C(F)F)C(C)C)C1CCCCC1. The number of carbonyl (C=O) groups is 5. The minimum Gasteiger partial charge on any atom is -0.497 e. The Labute approximate surface area is 334 Å². The summed E-state index contributed by atoms with van der Waals surface area (Å²) >= 11 is 0. The van der Waals surface area contributed by atoms with Crippen LogP contribution in [0.4, 0.5) is 13.6 Å². The molecule has 6 atom stereocenters. The van der Waals surface area contributed by atoms with Crippen LogP contribution in [-0.2, 0) is 33.9 Å². The van der Waals surface area contributed by atoms with Crippen molar-refractivity contribution in [3.8, 4) is 17.1 Å². The summed E-state index contributed by atoms with van der Waals surface area (Å²) in [6.45, 7) is 4.91. The topological polar surface area (TPSA) is 233 Å². The van der Waals surface area contributed by atoms with Gasteiger partial charge in [-0.3, -0.25) is 23.9 Å². The van der Waals surface area contributed by atoms with Crippen molar-refractivity contribution in [2.45, 2.75) is 120 Å². The van der Waals surface area contributed by atoms with Gasteiger partial charge in [-0.1, -0.05) is 33.1 Å². The van der Waals surface area contributed by atoms with Crippen LogP contribution >= 0.6 is 0 Å². The summed E-state index contributed by atoms with van der Waals surface area (Å²) in [5.74, 6) is -5.18. The molecule has 21 heteroatoms. The standard InChI is InChI=1S/C37H51F2N9O9S/c1-5-57-36(53)41-29(21-9-7-6-8-10-21)33(50)40-28(20(2)3)34(51)47-19-23(48-44-31(43-46-48)22-11-13-24(56-4)14-12-22)17-27(47)32(49)42-37(18-26(37)30(38)39)35(52)45-58(54,55)25-15-16-25/h11-14,20-21,23,25-30H,5-10,15-19H2,1-4H3,(H,40,50)(H,41,53)(H,42,49)(H,45,52)/t23-,26+,27?,28+,29+,37-/m1/s1. The smallest absolute Gasteiger partial charge is 0.407 e. The van der Waals surface area contributed by atoms with Gasteiger partial charge in [-0.25, -0.2) is 22.0 Å². The average Bonchev–Trinajstić information content (AvgIpc) is 4.09. The van der Waals surface area contributed by atoms with Crippen LogP contribution in [0.5, 0.6) is 5.75 Å². The van der Waals surface area contributed by atoms with E-state index in [1.165, 1.54) is 16.8 Å². The number of amides is 5. The first-order valence-corrected chi connectivity index (χ1v) is 21.3. The monoisotopic (exact) mass is 835 g/mol. The number of tetrazole rings is 1. The van der Waals surface area contributed by atoms with E-state index in [1.807, 2.05) is 4.72 Å². The van der Waals surface area contributed by atoms with Crippen molar-refractivity contribution in [1.29, 1.82) is 0 Å². The fourth-order valence-corrected chi connectivity index (χ4v) is 9.21. The minimum atomic E-state index is -4.15. The number of sulfonamides is 1. The van der Waals surface area contributed by atoms with Gasteiger partial charge >= 0.3 is 6.09 Å². The number of rotatable bonds is 16. The summed E-state index contributed by atoms with van der Waals surface area (Å²) in [4.78, 5) is 71.3. The molecule has 1 saturated heterocycles. The van der Waals surface area contributed by atoms with Gasteiger partial charge in [0.1, 0.15) is 29.4 Å². The molecule has 58 heavy (non-hydrogen) atoms. The van der Waals surface area contributed by atoms with E-state index in [-0.39, 0.29) is 31.3 Å². The van der Waals surface area contributed by atoms with Crippen molar-refractivity contribution in [2.75, 3.05) is 20.3 Å². The molecule has 1 aliphatic heterocycles. The van der Waals surface area contributed by atoms with Gasteiger partial charge in [0, 0.05) is 18.5 Å². The highest BCUT2D eigenvalue weighted by Crippen LogP contribution is 2.48. The number of nitrogens with zero attached hydrogens (tertiary/aromatic N) is 5. The second-order valence-electron chi connectivity index (χ2n) is 15.8. The lowest BCUT2D eigenvalue weighted by Crippen LogP contribution is -2.61. The predicted molar refractivity (Wildman–Crippen MR) is 201 cm³/mol. The average molecular weight is 836 g/mol. The van der Waals surface area contributed by atoms with Gasteiger partial charge in [0.25, 0.3) is 5.91 Å². The Morgan fingerprint density at radius 1 is 1.00 bits per heavy atom. The number of ether oxygens (including phenoxy) is 2. The van der Waals surface area contributed by atoms with Crippen LogP contribution in [0.2, 0.25) is 0 Å². The summed E-state index contributed by atoms with van der Waals surface area (Å²) < 4.78 is 65.8. The molecule has 3 saturated carbocycles. The summed E-state index contributed by atoms with van der Waals surface area (Å²) in [6, 6.07) is 2.43. The Balaban J connectivity index is 1.28. The van der Waals surface area contributed by atoms with Gasteiger partial charge < -0.3 is 30.3 Å². The molecule has 4 fully saturated rings. The zero-order chi connectivity index (χ0) is 41.9. The molecule has 318 valence electrons. The number of aromatic nitrogens is 4. The highest BCUT2D eigenvalue weighted by Gasteiger charge is 2.66. The van der Waals surface area contributed by atoms with Gasteiger partial charge in [0.15, 0.2) is 0 Å². The molecule has 2 aromatic rings. The Hall–Kier alpha value is -4.95. The van der Waals surface area contributed by atoms with Crippen LogP contribution in [0.25, 0.3) is 11.4 Å². The molecule has 1 aromatic heterocycles. The molecular weight excluding hydrogens is 785 g/mol. The Morgan fingerprint density at radius 2 is 1.69 bits per heavy atom. The molecule has 4 aliphatic rings. The van der Waals surface area contributed by atoms with Crippen molar-refractivity contribution in [3.63, 3.8) is 0 Å². The van der Waals surface area contributed by atoms with E-state index in [1.54, 1.807) is 45.0 Å². The zero-order valence-corrected chi connectivity index (χ0v) is 33.7. The molecule has 6 rings (SSSR count). The van der Waals surface area contributed by atoms with E-state index in [2.05, 4.69) is 31.4 Å². The Morgan fingerprint density at radius 3 is 2.28 bits per heavy atom. The number of hydrogen-bond acceptors (Lipinski definition) is 12. The van der Waals surface area contributed by atoms with Gasteiger partial charge in [0.2, 0.25) is 40.0 Å². The van der Waals surface area contributed by atoms with E-state index in [0.717, 1.165) is 19.3 Å². The molecule has 4 N–H and O–H groups in total. The number of alkyl halides is 2. The fraction of sp³-hybridized carbons (Fsp3) is 0.676. The lowest BCUT2D eigenvalue weighted by Gasteiger charge is -2.34. The maximum Gasteiger partial charge on any atom is 0.407 e. The maximum absolute atomic E-state index is 14.6. The molecular formula is C37H51F2N9O9S. The van der Waals surface area contributed by atoms with E-state index in [4.69, 9.17) is 9.47 Å². The van der Waals surface area contributed by atoms with Crippen LogP contribution in [-0.4, -0.2) is 119 Å². The van der Waals surface area contributed by atoms with E-state index >= 15 is 0 Å². The number of alkyl carbamates (subject to hydrolysis) is 1. The predicted octanol–water partition coefficient (Wildman–Crippen LogP) is 2.07. The molecule has 3 aliphatic carbocycles. The zero-order valence-electron chi connectivity index (χ0n) is 32.9. The van der Waals surface area contributed by atoms with Crippen molar-refractivity contribution in [1.82, 2.24) is 45.8 Å². The van der Waals surface area contributed by atoms with Crippen molar-refractivity contribution in [2.24, 2.45) is 17.8 Å². The van der Waals surface area contributed by atoms with Gasteiger partial charge in [0.05, 0.1) is 30.9 Å². The van der Waals surface area contributed by atoms with Gasteiger partial charge in [-0.2, -0.15) is 4.80 Å². The molecule has 0 bridgehead atoms. The van der Waals surface area contributed by atoms with E-state index < -0.39 is 99.4 Å². The lowest BCUT2D eigenvalue weighted by molar-refractivity contribution is -0.143. The number of likely N-dealkylation sites (tertiary alicyclic amines) is 1. The van der Waals surface area contributed by atoms with E-state index in [9.17, 15) is 41.2 Å². The van der Waals surface area contributed by atoms with Crippen LogP contribution in [0.1, 0.15) is 84.6 Å². The summed E-state index contributed by atoms with van der Waals surface area (Å²) in [6.07, 6.45) is 0.123. The maximum atomic E-state index is 14.6. The first-order chi connectivity index (χ1) is 27.6. The number of nitrogens with one attached hydrogen (secondary N) is 4. The summed E-state index contributed by atoms with van der Waals surface area (Å²) in [5.41, 5.74) is -1.65. The van der Waals surface area contributed by atoms with Crippen LogP contribution < -0.4 is 25.4 Å². The highest BCUT2D eigenvalue weighted by atomic mass is 32.2. The number of methoxy groups -OCH3 is 1. The normalized spacial score (nSPS) is 24.5. The summed E-state index contributed by atoms with van der Waals surface area (Å²) in [5, 5.41) is 19.9. The van der Waals surface area contributed by atoms with Crippen LogP contribution in [0.3, 0.4) is 0 Å². The van der Waals surface area contributed by atoms with Gasteiger partial charge in [-0.15, -0.1) is 10.2 Å². The number of carbonyl (C=O) groups excluding carboxylic acids is 5. The first kappa shape index (κ1) is 42.7. The first-order valence-electron chi connectivity index (χ1n) is 19.7. The number of hydrogen-bond donors (Lipinski definition) is 4. The fourth-order valence-electron chi connectivity index (χ4n) is 7.85. The molecule has 2 heterocycles. The third-order valence-electron chi connectivity index (χ3n) is 11.4. The minimum absolute atomic E-state index is 0.0804. The van der Waals surface area contributed by atoms with Crippen molar-refractivity contribution < 1.29 is 50.6 Å². The molecule has 18 nitrogen and oxygen atoms in total. The largest absolute Gasteiger partial charge is 0.497 e.